The molecule has 120 valence electrons. The molecular formula is C15H25NO4S. The van der Waals surface area contributed by atoms with Crippen molar-refractivity contribution in [2.45, 2.75) is 40.7 Å². The highest BCUT2D eigenvalue weighted by molar-refractivity contribution is 7.92. The van der Waals surface area contributed by atoms with Gasteiger partial charge in [0.15, 0.2) is 0 Å². The molecule has 6 heteroatoms. The van der Waals surface area contributed by atoms with Crippen molar-refractivity contribution < 1.29 is 18.3 Å². The predicted octanol–water partition coefficient (Wildman–Crippen LogP) is 2.76. The van der Waals surface area contributed by atoms with Crippen LogP contribution in [0.5, 0.6) is 5.75 Å². The lowest BCUT2D eigenvalue weighted by Gasteiger charge is -2.18. The van der Waals surface area contributed by atoms with Gasteiger partial charge in [0.2, 0.25) is 10.0 Å². The molecule has 2 N–H and O–H groups in total. The van der Waals surface area contributed by atoms with Crippen LogP contribution in [-0.2, 0) is 16.6 Å². The van der Waals surface area contributed by atoms with Gasteiger partial charge in [-0.15, -0.1) is 0 Å². The number of benzene rings is 1. The van der Waals surface area contributed by atoms with Gasteiger partial charge in [-0.05, 0) is 37.0 Å². The second kappa shape index (κ2) is 7.13. The Morgan fingerprint density at radius 1 is 1.29 bits per heavy atom. The van der Waals surface area contributed by atoms with Crippen molar-refractivity contribution in [3.8, 4) is 5.75 Å². The van der Waals surface area contributed by atoms with E-state index in [-0.39, 0.29) is 17.8 Å². The van der Waals surface area contributed by atoms with Crippen LogP contribution in [0.4, 0.5) is 5.69 Å². The standard InChI is InChI=1S/C15H25NO4S/c1-5-20-14-7-6-13(10-12(14)11-17)16-21(18,19)9-8-15(2,3)4/h6-7,10,16-17H,5,8-9,11H2,1-4H3. The maximum absolute atomic E-state index is 12.1. The molecule has 1 rings (SSSR count). The van der Waals surface area contributed by atoms with Crippen LogP contribution in [0.1, 0.15) is 39.7 Å². The van der Waals surface area contributed by atoms with Gasteiger partial charge in [0.05, 0.1) is 19.0 Å². The average molecular weight is 315 g/mol. The number of rotatable bonds is 7. The van der Waals surface area contributed by atoms with Crippen LogP contribution < -0.4 is 9.46 Å². The number of hydrogen-bond donors (Lipinski definition) is 2. The van der Waals surface area contributed by atoms with Gasteiger partial charge in [0.1, 0.15) is 5.75 Å². The largest absolute Gasteiger partial charge is 0.494 e. The minimum Gasteiger partial charge on any atom is -0.494 e. The first kappa shape index (κ1) is 17.8. The van der Waals surface area contributed by atoms with Crippen LogP contribution in [0.15, 0.2) is 18.2 Å². The number of aliphatic hydroxyl groups excluding tert-OH is 1. The van der Waals surface area contributed by atoms with Crippen molar-refractivity contribution >= 4 is 15.7 Å². The Hall–Kier alpha value is -1.27. The second-order valence-corrected chi connectivity index (χ2v) is 7.99. The summed E-state index contributed by atoms with van der Waals surface area (Å²) in [6, 6.07) is 4.90. The lowest BCUT2D eigenvalue weighted by molar-refractivity contribution is 0.267. The molecule has 1 aromatic carbocycles. The van der Waals surface area contributed by atoms with Crippen LogP contribution >= 0.6 is 0 Å². The normalized spacial score (nSPS) is 12.2. The van der Waals surface area contributed by atoms with E-state index in [2.05, 4.69) is 4.72 Å². The molecule has 21 heavy (non-hydrogen) atoms. The van der Waals surface area contributed by atoms with Gasteiger partial charge < -0.3 is 9.84 Å². The van der Waals surface area contributed by atoms with E-state index in [1.165, 1.54) is 0 Å². The zero-order valence-electron chi connectivity index (χ0n) is 13.1. The average Bonchev–Trinajstić information content (AvgIpc) is 2.37. The predicted molar refractivity (Wildman–Crippen MR) is 85.0 cm³/mol. The molecule has 0 saturated heterocycles. The van der Waals surface area contributed by atoms with Gasteiger partial charge >= 0.3 is 0 Å². The van der Waals surface area contributed by atoms with E-state index in [1.54, 1.807) is 18.2 Å². The molecule has 0 fully saturated rings. The summed E-state index contributed by atoms with van der Waals surface area (Å²) in [5, 5.41) is 9.32. The van der Waals surface area contributed by atoms with Crippen molar-refractivity contribution in [1.82, 2.24) is 0 Å². The maximum Gasteiger partial charge on any atom is 0.232 e. The highest BCUT2D eigenvalue weighted by Gasteiger charge is 2.17. The van der Waals surface area contributed by atoms with Crippen molar-refractivity contribution in [3.05, 3.63) is 23.8 Å². The molecule has 5 nitrogen and oxygen atoms in total. The highest BCUT2D eigenvalue weighted by atomic mass is 32.2. The van der Waals surface area contributed by atoms with Crippen molar-refractivity contribution in [3.63, 3.8) is 0 Å². The Bertz CT molecular complexity index is 562. The minimum absolute atomic E-state index is 0.0379. The molecule has 0 spiro atoms. The Balaban J connectivity index is 2.82. The maximum atomic E-state index is 12.1. The topological polar surface area (TPSA) is 75.6 Å². The Kier molecular flexibility index (Phi) is 6.04. The van der Waals surface area contributed by atoms with E-state index in [9.17, 15) is 13.5 Å². The van der Waals surface area contributed by atoms with Gasteiger partial charge in [-0.3, -0.25) is 4.72 Å². The Morgan fingerprint density at radius 3 is 2.48 bits per heavy atom. The first-order valence-electron chi connectivity index (χ1n) is 7.04. The fourth-order valence-corrected chi connectivity index (χ4v) is 3.20. The van der Waals surface area contributed by atoms with E-state index in [0.29, 0.717) is 30.0 Å². The summed E-state index contributed by atoms with van der Waals surface area (Å²) in [7, 11) is -3.39. The van der Waals surface area contributed by atoms with Gasteiger partial charge in [-0.25, -0.2) is 8.42 Å². The van der Waals surface area contributed by atoms with Crippen LogP contribution in [0.3, 0.4) is 0 Å². The second-order valence-electron chi connectivity index (χ2n) is 6.15. The summed E-state index contributed by atoms with van der Waals surface area (Å²) in [6.07, 6.45) is 0.576. The van der Waals surface area contributed by atoms with Crippen LogP contribution in [0.25, 0.3) is 0 Å². The first-order chi connectivity index (χ1) is 9.67. The van der Waals surface area contributed by atoms with Crippen molar-refractivity contribution in [2.75, 3.05) is 17.1 Å². The number of sulfonamides is 1. The molecule has 0 saturated carbocycles. The molecule has 0 atom stereocenters. The summed E-state index contributed by atoms with van der Waals surface area (Å²) in [5.74, 6) is 0.635. The van der Waals surface area contributed by atoms with E-state index in [4.69, 9.17) is 4.74 Å². The third-order valence-electron chi connectivity index (χ3n) is 2.92. The number of nitrogens with one attached hydrogen (secondary N) is 1. The number of ether oxygens (including phenoxy) is 1. The lowest BCUT2D eigenvalue weighted by atomic mass is 9.94. The summed E-state index contributed by atoms with van der Waals surface area (Å²) in [4.78, 5) is 0. The molecule has 0 radical (unpaired) electrons. The molecular weight excluding hydrogens is 290 g/mol. The third kappa shape index (κ3) is 6.35. The Labute approximate surface area is 127 Å². The summed E-state index contributed by atoms with van der Waals surface area (Å²) in [5.41, 5.74) is 0.966. The quantitative estimate of drug-likeness (QED) is 0.811. The van der Waals surface area contributed by atoms with E-state index in [0.717, 1.165) is 0 Å². The van der Waals surface area contributed by atoms with Gasteiger partial charge in [-0.2, -0.15) is 0 Å². The number of hydrogen-bond acceptors (Lipinski definition) is 4. The molecule has 1 aromatic rings. The zero-order chi connectivity index (χ0) is 16.1. The van der Waals surface area contributed by atoms with Crippen LogP contribution in [0.2, 0.25) is 0 Å². The smallest absolute Gasteiger partial charge is 0.232 e. The number of aliphatic hydroxyl groups is 1. The van der Waals surface area contributed by atoms with Crippen molar-refractivity contribution in [1.29, 1.82) is 0 Å². The lowest BCUT2D eigenvalue weighted by Crippen LogP contribution is -2.21. The van der Waals surface area contributed by atoms with Gasteiger partial charge in [0.25, 0.3) is 0 Å². The Morgan fingerprint density at radius 2 is 1.95 bits per heavy atom. The van der Waals surface area contributed by atoms with E-state index < -0.39 is 10.0 Å². The highest BCUT2D eigenvalue weighted by Crippen LogP contribution is 2.25. The molecule has 0 aliphatic rings. The number of anilines is 1. The molecule has 0 amide bonds. The molecule has 0 unspecified atom stereocenters. The minimum atomic E-state index is -3.39. The summed E-state index contributed by atoms with van der Waals surface area (Å²) in [6.45, 7) is 8.15. The van der Waals surface area contributed by atoms with E-state index >= 15 is 0 Å². The third-order valence-corrected chi connectivity index (χ3v) is 4.21. The van der Waals surface area contributed by atoms with Gasteiger partial charge in [0, 0.05) is 11.3 Å². The van der Waals surface area contributed by atoms with E-state index in [1.807, 2.05) is 27.7 Å². The molecule has 0 aliphatic carbocycles. The summed E-state index contributed by atoms with van der Waals surface area (Å²) < 4.78 is 32.0. The van der Waals surface area contributed by atoms with Gasteiger partial charge in [-0.1, -0.05) is 20.8 Å². The zero-order valence-corrected chi connectivity index (χ0v) is 14.0. The fourth-order valence-electron chi connectivity index (χ4n) is 1.73. The van der Waals surface area contributed by atoms with Crippen LogP contribution in [0, 0.1) is 5.41 Å². The fraction of sp³-hybridized carbons (Fsp3) is 0.600. The molecule has 0 aromatic heterocycles. The monoisotopic (exact) mass is 315 g/mol. The van der Waals surface area contributed by atoms with Crippen LogP contribution in [-0.4, -0.2) is 25.9 Å². The summed E-state index contributed by atoms with van der Waals surface area (Å²) >= 11 is 0. The molecule has 0 aliphatic heterocycles. The molecule has 0 heterocycles. The molecule has 0 bridgehead atoms. The van der Waals surface area contributed by atoms with Crippen molar-refractivity contribution in [2.24, 2.45) is 5.41 Å². The SMILES string of the molecule is CCOc1ccc(NS(=O)(=O)CCC(C)(C)C)cc1CO. The first-order valence-corrected chi connectivity index (χ1v) is 8.69.